The third-order valence-electron chi connectivity index (χ3n) is 5.06. The van der Waals surface area contributed by atoms with E-state index in [2.05, 4.69) is 50.5 Å². The summed E-state index contributed by atoms with van der Waals surface area (Å²) in [6.45, 7) is 1.26. The third kappa shape index (κ3) is 4.35. The van der Waals surface area contributed by atoms with Crippen molar-refractivity contribution in [1.82, 2.24) is 10.3 Å². The molecule has 0 radical (unpaired) electrons. The molecule has 4 nitrogen and oxygen atoms in total. The molecule has 3 aromatic rings. The predicted molar refractivity (Wildman–Crippen MR) is 115 cm³/mol. The van der Waals surface area contributed by atoms with Crippen LogP contribution in [-0.2, 0) is 16.7 Å². The summed E-state index contributed by atoms with van der Waals surface area (Å²) in [5.41, 5.74) is 2.34. The molecule has 0 saturated carbocycles. The molecular weight excluding hydrogens is 436 g/mol. The monoisotopic (exact) mass is 456 g/mol. The van der Waals surface area contributed by atoms with Gasteiger partial charge in [0, 0.05) is 29.5 Å². The molecule has 0 spiro atoms. The number of rotatable bonds is 5. The number of hydrogen-bond donors (Lipinski definition) is 1. The van der Waals surface area contributed by atoms with E-state index in [4.69, 9.17) is 4.74 Å². The highest BCUT2D eigenvalue weighted by Gasteiger charge is 2.36. The zero-order valence-corrected chi connectivity index (χ0v) is 17.8. The summed E-state index contributed by atoms with van der Waals surface area (Å²) in [7, 11) is 0. The van der Waals surface area contributed by atoms with E-state index in [1.807, 2.05) is 35.7 Å². The van der Waals surface area contributed by atoms with Crippen molar-refractivity contribution in [2.75, 3.05) is 13.2 Å². The Morgan fingerprint density at radius 2 is 1.93 bits per heavy atom. The largest absolute Gasteiger partial charge is 0.381 e. The lowest BCUT2D eigenvalue weighted by Crippen LogP contribution is -2.49. The molecule has 144 valence electrons. The third-order valence-corrected chi connectivity index (χ3v) is 6.40. The van der Waals surface area contributed by atoms with Crippen LogP contribution in [0.4, 0.5) is 0 Å². The normalized spacial score (nSPS) is 15.9. The van der Waals surface area contributed by atoms with Crippen LogP contribution in [0, 0.1) is 0 Å². The predicted octanol–water partition coefficient (Wildman–Crippen LogP) is 4.93. The smallest absolute Gasteiger partial charge is 0.271 e. The van der Waals surface area contributed by atoms with E-state index < -0.39 is 5.54 Å². The molecule has 2 heterocycles. The number of thiazole rings is 1. The average molecular weight is 457 g/mol. The Balaban J connectivity index is 1.54. The molecule has 0 unspecified atom stereocenters. The summed E-state index contributed by atoms with van der Waals surface area (Å²) in [5.74, 6) is -0.127. The maximum Gasteiger partial charge on any atom is 0.271 e. The van der Waals surface area contributed by atoms with Gasteiger partial charge in [-0.25, -0.2) is 4.98 Å². The Morgan fingerprint density at radius 3 is 2.68 bits per heavy atom. The number of benzene rings is 2. The number of amides is 1. The lowest BCUT2D eigenvalue weighted by atomic mass is 9.82. The van der Waals surface area contributed by atoms with Gasteiger partial charge < -0.3 is 10.1 Å². The molecule has 0 atom stereocenters. The first-order chi connectivity index (χ1) is 13.6. The highest BCUT2D eigenvalue weighted by Crippen LogP contribution is 2.34. The van der Waals surface area contributed by atoms with E-state index in [9.17, 15) is 4.79 Å². The number of nitrogens with zero attached hydrogens (tertiary/aromatic N) is 1. The lowest BCUT2D eigenvalue weighted by molar-refractivity contribution is 0.0344. The van der Waals surface area contributed by atoms with Gasteiger partial charge in [-0.05, 0) is 36.1 Å². The first-order valence-corrected chi connectivity index (χ1v) is 11.0. The Morgan fingerprint density at radius 1 is 1.14 bits per heavy atom. The molecule has 6 heteroatoms. The van der Waals surface area contributed by atoms with Crippen LogP contribution in [0.15, 0.2) is 64.5 Å². The van der Waals surface area contributed by atoms with Gasteiger partial charge in [0.2, 0.25) is 0 Å². The summed E-state index contributed by atoms with van der Waals surface area (Å²) in [5, 5.41) is 6.07. The van der Waals surface area contributed by atoms with Gasteiger partial charge in [0.1, 0.15) is 5.69 Å². The fraction of sp³-hybridized carbons (Fsp3) is 0.273. The van der Waals surface area contributed by atoms with Crippen molar-refractivity contribution < 1.29 is 9.53 Å². The number of nitrogens with one attached hydrogen (secondary N) is 1. The molecule has 1 fully saturated rings. The molecule has 1 aliphatic rings. The van der Waals surface area contributed by atoms with Gasteiger partial charge in [-0.2, -0.15) is 0 Å². The quantitative estimate of drug-likeness (QED) is 0.591. The van der Waals surface area contributed by atoms with Crippen LogP contribution in [0.2, 0.25) is 0 Å². The van der Waals surface area contributed by atoms with Gasteiger partial charge >= 0.3 is 0 Å². The Kier molecular flexibility index (Phi) is 5.90. The van der Waals surface area contributed by atoms with Crippen LogP contribution in [0.1, 0.15) is 39.5 Å². The molecule has 1 amide bonds. The molecule has 0 bridgehead atoms. The zero-order valence-electron chi connectivity index (χ0n) is 15.4. The van der Waals surface area contributed by atoms with Crippen molar-refractivity contribution >= 4 is 33.2 Å². The topological polar surface area (TPSA) is 51.2 Å². The first kappa shape index (κ1) is 19.3. The molecule has 1 saturated heterocycles. The van der Waals surface area contributed by atoms with Crippen LogP contribution in [0.3, 0.4) is 0 Å². The minimum absolute atomic E-state index is 0.127. The molecule has 1 aromatic heterocycles. The molecular formula is C22H21BrN2O2S. The van der Waals surface area contributed by atoms with Gasteiger partial charge in [-0.3, -0.25) is 4.79 Å². The van der Waals surface area contributed by atoms with Gasteiger partial charge in [0.05, 0.1) is 10.5 Å². The highest BCUT2D eigenvalue weighted by atomic mass is 79.9. The van der Waals surface area contributed by atoms with Crippen molar-refractivity contribution in [3.63, 3.8) is 0 Å². The van der Waals surface area contributed by atoms with E-state index in [-0.39, 0.29) is 5.91 Å². The second-order valence-corrected chi connectivity index (χ2v) is 8.81. The van der Waals surface area contributed by atoms with E-state index >= 15 is 0 Å². The number of halogens is 1. The van der Waals surface area contributed by atoms with Crippen LogP contribution in [0.5, 0.6) is 0 Å². The SMILES string of the molecule is O=C(NC1(c2cccc(Br)c2)CCOCC1)c1csc(Cc2ccccc2)n1. The van der Waals surface area contributed by atoms with Gasteiger partial charge in [0.25, 0.3) is 5.91 Å². The van der Waals surface area contributed by atoms with E-state index in [1.54, 1.807) is 0 Å². The Bertz CT molecular complexity index is 952. The Labute approximate surface area is 177 Å². The lowest BCUT2D eigenvalue weighted by Gasteiger charge is -2.38. The summed E-state index contributed by atoms with van der Waals surface area (Å²) in [6, 6.07) is 18.3. The van der Waals surface area contributed by atoms with E-state index in [0.717, 1.165) is 34.3 Å². The first-order valence-electron chi connectivity index (χ1n) is 9.29. The molecule has 2 aromatic carbocycles. The van der Waals surface area contributed by atoms with Crippen LogP contribution >= 0.6 is 27.3 Å². The minimum atomic E-state index is -0.428. The fourth-order valence-corrected chi connectivity index (χ4v) is 4.75. The Hall–Kier alpha value is -2.02. The van der Waals surface area contributed by atoms with Crippen LogP contribution in [-0.4, -0.2) is 24.1 Å². The van der Waals surface area contributed by atoms with Gasteiger partial charge in [0.15, 0.2) is 0 Å². The second-order valence-electron chi connectivity index (χ2n) is 6.95. The molecule has 28 heavy (non-hydrogen) atoms. The molecule has 4 rings (SSSR count). The van der Waals surface area contributed by atoms with E-state index in [0.29, 0.717) is 18.9 Å². The summed E-state index contributed by atoms with van der Waals surface area (Å²) in [6.07, 6.45) is 2.23. The average Bonchev–Trinajstić information content (AvgIpc) is 3.18. The number of carbonyl (C=O) groups is 1. The van der Waals surface area contributed by atoms with E-state index in [1.165, 1.54) is 16.9 Å². The van der Waals surface area contributed by atoms with Gasteiger partial charge in [-0.15, -0.1) is 11.3 Å². The van der Waals surface area contributed by atoms with Crippen molar-refractivity contribution in [3.05, 3.63) is 86.3 Å². The van der Waals surface area contributed by atoms with Crippen molar-refractivity contribution in [2.45, 2.75) is 24.8 Å². The fourth-order valence-electron chi connectivity index (χ4n) is 3.54. The summed E-state index contributed by atoms with van der Waals surface area (Å²) >= 11 is 5.07. The van der Waals surface area contributed by atoms with Crippen molar-refractivity contribution in [1.29, 1.82) is 0 Å². The molecule has 0 aliphatic carbocycles. The van der Waals surface area contributed by atoms with Crippen molar-refractivity contribution in [3.8, 4) is 0 Å². The summed E-state index contributed by atoms with van der Waals surface area (Å²) < 4.78 is 6.56. The minimum Gasteiger partial charge on any atom is -0.381 e. The molecule has 1 aliphatic heterocycles. The van der Waals surface area contributed by atoms with Gasteiger partial charge in [-0.1, -0.05) is 58.4 Å². The van der Waals surface area contributed by atoms with Crippen LogP contribution < -0.4 is 5.32 Å². The highest BCUT2D eigenvalue weighted by molar-refractivity contribution is 9.10. The maximum absolute atomic E-state index is 13.0. The maximum atomic E-state index is 13.0. The number of ether oxygens (including phenoxy) is 1. The van der Waals surface area contributed by atoms with Crippen LogP contribution in [0.25, 0.3) is 0 Å². The number of aromatic nitrogens is 1. The molecule has 1 N–H and O–H groups in total. The number of hydrogen-bond acceptors (Lipinski definition) is 4. The van der Waals surface area contributed by atoms with Crippen molar-refractivity contribution in [2.24, 2.45) is 0 Å². The standard InChI is InChI=1S/C22H21BrN2O2S/c23-18-8-4-7-17(14-18)22(9-11-27-12-10-22)25-21(26)19-15-28-20(24-19)13-16-5-2-1-3-6-16/h1-8,14-15H,9-13H2,(H,25,26). The second kappa shape index (κ2) is 8.55. The summed E-state index contributed by atoms with van der Waals surface area (Å²) in [4.78, 5) is 17.6. The number of carbonyl (C=O) groups excluding carboxylic acids is 1. The zero-order chi connectivity index (χ0) is 19.4.